The summed E-state index contributed by atoms with van der Waals surface area (Å²) in [5, 5.41) is 6.35. The van der Waals surface area contributed by atoms with E-state index in [9.17, 15) is 4.79 Å². The molecule has 0 saturated carbocycles. The van der Waals surface area contributed by atoms with Crippen LogP contribution in [0.3, 0.4) is 0 Å². The molecular formula is C12H14BrIN2O. The molecule has 17 heavy (non-hydrogen) atoms. The van der Waals surface area contributed by atoms with E-state index in [0.29, 0.717) is 12.6 Å². The number of benzene rings is 1. The van der Waals surface area contributed by atoms with E-state index in [2.05, 4.69) is 49.2 Å². The minimum absolute atomic E-state index is 0.00407. The van der Waals surface area contributed by atoms with Crippen molar-refractivity contribution >= 4 is 44.4 Å². The van der Waals surface area contributed by atoms with Crippen LogP contribution < -0.4 is 10.6 Å². The van der Waals surface area contributed by atoms with Gasteiger partial charge in [-0.15, -0.1) is 0 Å². The third kappa shape index (κ3) is 3.66. The molecule has 0 aliphatic carbocycles. The maximum atomic E-state index is 12.0. The number of carbonyl (C=O) groups excluding carboxylic acids is 1. The van der Waals surface area contributed by atoms with E-state index in [1.807, 2.05) is 18.2 Å². The molecule has 1 atom stereocenters. The number of halogens is 2. The molecule has 92 valence electrons. The van der Waals surface area contributed by atoms with Crippen molar-refractivity contribution in [3.63, 3.8) is 0 Å². The van der Waals surface area contributed by atoms with E-state index in [0.717, 1.165) is 26.6 Å². The van der Waals surface area contributed by atoms with Crippen molar-refractivity contribution in [1.82, 2.24) is 10.6 Å². The molecule has 1 amide bonds. The summed E-state index contributed by atoms with van der Waals surface area (Å²) in [6.45, 7) is 1.77. The molecule has 1 aliphatic heterocycles. The third-order valence-electron chi connectivity index (χ3n) is 2.84. The Labute approximate surface area is 123 Å². The first kappa shape index (κ1) is 13.3. The highest BCUT2D eigenvalue weighted by Crippen LogP contribution is 2.18. The topological polar surface area (TPSA) is 41.1 Å². The zero-order valence-electron chi connectivity index (χ0n) is 9.30. The van der Waals surface area contributed by atoms with Gasteiger partial charge in [0.25, 0.3) is 5.91 Å². The van der Waals surface area contributed by atoms with Crippen molar-refractivity contribution in [3.05, 3.63) is 31.8 Å². The fourth-order valence-electron chi connectivity index (χ4n) is 1.91. The van der Waals surface area contributed by atoms with Crippen LogP contribution in [-0.2, 0) is 0 Å². The second-order valence-corrected chi connectivity index (χ2v) is 6.21. The summed E-state index contributed by atoms with van der Waals surface area (Å²) in [5.41, 5.74) is 0.734. The molecule has 1 aliphatic rings. The second kappa shape index (κ2) is 6.15. The number of carbonyl (C=O) groups is 1. The number of hydrogen-bond acceptors (Lipinski definition) is 2. The molecule has 2 rings (SSSR count). The van der Waals surface area contributed by atoms with Crippen LogP contribution in [0, 0.1) is 3.57 Å². The lowest BCUT2D eigenvalue weighted by Gasteiger charge is -2.12. The lowest BCUT2D eigenvalue weighted by molar-refractivity contribution is 0.0949. The fourth-order valence-corrected chi connectivity index (χ4v) is 2.86. The molecular weight excluding hydrogens is 395 g/mol. The van der Waals surface area contributed by atoms with Gasteiger partial charge in [0, 0.05) is 20.6 Å². The van der Waals surface area contributed by atoms with Gasteiger partial charge in [-0.25, -0.2) is 0 Å². The van der Waals surface area contributed by atoms with Crippen molar-refractivity contribution in [3.8, 4) is 0 Å². The van der Waals surface area contributed by atoms with E-state index in [4.69, 9.17) is 0 Å². The minimum Gasteiger partial charge on any atom is -0.350 e. The van der Waals surface area contributed by atoms with Gasteiger partial charge < -0.3 is 10.6 Å². The van der Waals surface area contributed by atoms with Gasteiger partial charge in [0.1, 0.15) is 0 Å². The summed E-state index contributed by atoms with van der Waals surface area (Å²) in [5.74, 6) is 0.00407. The maximum absolute atomic E-state index is 12.0. The monoisotopic (exact) mass is 408 g/mol. The van der Waals surface area contributed by atoms with Gasteiger partial charge in [-0.1, -0.05) is 15.9 Å². The molecule has 1 fully saturated rings. The van der Waals surface area contributed by atoms with Gasteiger partial charge in [0.05, 0.1) is 5.56 Å². The van der Waals surface area contributed by atoms with E-state index >= 15 is 0 Å². The maximum Gasteiger partial charge on any atom is 0.252 e. The van der Waals surface area contributed by atoms with Crippen molar-refractivity contribution in [2.45, 2.75) is 18.9 Å². The summed E-state index contributed by atoms with van der Waals surface area (Å²) < 4.78 is 1.91. The SMILES string of the molecule is O=C(NCC1CCCN1)c1cc(Br)ccc1I. The second-order valence-electron chi connectivity index (χ2n) is 4.13. The van der Waals surface area contributed by atoms with Crippen LogP contribution in [0.5, 0.6) is 0 Å². The third-order valence-corrected chi connectivity index (χ3v) is 4.28. The molecule has 0 bridgehead atoms. The molecule has 3 nitrogen and oxygen atoms in total. The van der Waals surface area contributed by atoms with Crippen molar-refractivity contribution < 1.29 is 4.79 Å². The van der Waals surface area contributed by atoms with Crippen LogP contribution in [-0.4, -0.2) is 25.0 Å². The molecule has 5 heteroatoms. The normalized spacial score (nSPS) is 19.3. The van der Waals surface area contributed by atoms with Crippen LogP contribution in [0.1, 0.15) is 23.2 Å². The Bertz CT molecular complexity index is 419. The van der Waals surface area contributed by atoms with Crippen LogP contribution in [0.2, 0.25) is 0 Å². The number of rotatable bonds is 3. The Kier molecular flexibility index (Phi) is 4.81. The first-order chi connectivity index (χ1) is 8.16. The van der Waals surface area contributed by atoms with Crippen LogP contribution in [0.25, 0.3) is 0 Å². The molecule has 1 saturated heterocycles. The first-order valence-corrected chi connectivity index (χ1v) is 7.50. The lowest BCUT2D eigenvalue weighted by Crippen LogP contribution is -2.37. The summed E-state index contributed by atoms with van der Waals surface area (Å²) in [6, 6.07) is 6.17. The van der Waals surface area contributed by atoms with Gasteiger partial charge in [0.2, 0.25) is 0 Å². The molecule has 1 unspecified atom stereocenters. The highest BCUT2D eigenvalue weighted by molar-refractivity contribution is 14.1. The smallest absolute Gasteiger partial charge is 0.252 e. The Morgan fingerprint density at radius 3 is 3.12 bits per heavy atom. The average Bonchev–Trinajstić information content (AvgIpc) is 2.82. The zero-order valence-corrected chi connectivity index (χ0v) is 13.0. The van der Waals surface area contributed by atoms with Crippen LogP contribution in [0.4, 0.5) is 0 Å². The Morgan fingerprint density at radius 2 is 2.41 bits per heavy atom. The summed E-state index contributed by atoms with van der Waals surface area (Å²) in [6.07, 6.45) is 2.35. The summed E-state index contributed by atoms with van der Waals surface area (Å²) >= 11 is 5.57. The predicted molar refractivity (Wildman–Crippen MR) is 80.2 cm³/mol. The molecule has 0 radical (unpaired) electrons. The zero-order chi connectivity index (χ0) is 12.3. The van der Waals surface area contributed by atoms with E-state index in [1.165, 1.54) is 6.42 Å². The minimum atomic E-state index is 0.00407. The van der Waals surface area contributed by atoms with E-state index < -0.39 is 0 Å². The fraction of sp³-hybridized carbons (Fsp3) is 0.417. The first-order valence-electron chi connectivity index (χ1n) is 5.63. The Morgan fingerprint density at radius 1 is 1.59 bits per heavy atom. The Hall–Kier alpha value is -0.140. The molecule has 1 aromatic rings. The molecule has 2 N–H and O–H groups in total. The van der Waals surface area contributed by atoms with Crippen LogP contribution in [0.15, 0.2) is 22.7 Å². The largest absolute Gasteiger partial charge is 0.350 e. The van der Waals surface area contributed by atoms with Crippen molar-refractivity contribution in [2.75, 3.05) is 13.1 Å². The number of amides is 1. The standard InChI is InChI=1S/C12H14BrIN2O/c13-8-3-4-11(14)10(6-8)12(17)16-7-9-2-1-5-15-9/h3-4,6,9,15H,1-2,5,7H2,(H,16,17). The molecule has 1 aromatic carbocycles. The number of nitrogens with one attached hydrogen (secondary N) is 2. The molecule has 0 aromatic heterocycles. The van der Waals surface area contributed by atoms with Crippen molar-refractivity contribution in [1.29, 1.82) is 0 Å². The quantitative estimate of drug-likeness (QED) is 0.754. The van der Waals surface area contributed by atoms with E-state index in [-0.39, 0.29) is 5.91 Å². The van der Waals surface area contributed by atoms with Gasteiger partial charge in [-0.3, -0.25) is 4.79 Å². The van der Waals surface area contributed by atoms with Gasteiger partial charge in [-0.2, -0.15) is 0 Å². The van der Waals surface area contributed by atoms with Gasteiger partial charge >= 0.3 is 0 Å². The van der Waals surface area contributed by atoms with Crippen LogP contribution >= 0.6 is 38.5 Å². The van der Waals surface area contributed by atoms with Gasteiger partial charge in [-0.05, 0) is 60.2 Å². The molecule has 0 spiro atoms. The van der Waals surface area contributed by atoms with Gasteiger partial charge in [0.15, 0.2) is 0 Å². The highest BCUT2D eigenvalue weighted by atomic mass is 127. The molecule has 1 heterocycles. The highest BCUT2D eigenvalue weighted by Gasteiger charge is 2.16. The predicted octanol–water partition coefficient (Wildman–Crippen LogP) is 2.54. The Balaban J connectivity index is 1.96. The van der Waals surface area contributed by atoms with E-state index in [1.54, 1.807) is 0 Å². The average molecular weight is 409 g/mol. The lowest BCUT2D eigenvalue weighted by atomic mass is 10.2. The number of hydrogen-bond donors (Lipinski definition) is 2. The summed E-state index contributed by atoms with van der Waals surface area (Å²) in [7, 11) is 0. The summed E-state index contributed by atoms with van der Waals surface area (Å²) in [4.78, 5) is 12.0. The van der Waals surface area contributed by atoms with Crippen molar-refractivity contribution in [2.24, 2.45) is 0 Å².